The molecule has 0 aliphatic rings. The number of ether oxygens (including phenoxy) is 2. The number of hydrogen-bond donors (Lipinski definition) is 1. The second-order valence-electron chi connectivity index (χ2n) is 5.63. The number of hydrogen-bond acceptors (Lipinski definition) is 4. The molecule has 0 aromatic rings. The van der Waals surface area contributed by atoms with Crippen LogP contribution >= 0.6 is 0 Å². The average Bonchev–Trinajstić information content (AvgIpc) is 2.11. The van der Waals surface area contributed by atoms with Crippen molar-refractivity contribution in [1.82, 2.24) is 0 Å². The molecule has 1 N–H and O–H groups in total. The molecule has 0 saturated heterocycles. The molecule has 1 unspecified atom stereocenters. The Morgan fingerprint density at radius 2 is 1.75 bits per heavy atom. The van der Waals surface area contributed by atoms with Gasteiger partial charge in [0.2, 0.25) is 0 Å². The van der Waals surface area contributed by atoms with Gasteiger partial charge in [-0.1, -0.05) is 0 Å². The summed E-state index contributed by atoms with van der Waals surface area (Å²) in [6.07, 6.45) is 0.108. The van der Waals surface area contributed by atoms with Crippen LogP contribution in [0, 0.1) is 5.41 Å². The van der Waals surface area contributed by atoms with Gasteiger partial charge < -0.3 is 14.6 Å². The molecule has 0 aromatic heterocycles. The molecule has 0 spiro atoms. The highest BCUT2D eigenvalue weighted by atomic mass is 16.6. The quantitative estimate of drug-likeness (QED) is 0.734. The third-order valence-corrected chi connectivity index (χ3v) is 2.23. The summed E-state index contributed by atoms with van der Waals surface area (Å²) in [6, 6.07) is 0. The van der Waals surface area contributed by atoms with Crippen LogP contribution in [0.4, 0.5) is 0 Å². The molecular formula is C12H24O4. The highest BCUT2D eigenvalue weighted by Gasteiger charge is 2.34. The van der Waals surface area contributed by atoms with Crippen molar-refractivity contribution in [2.24, 2.45) is 5.41 Å². The maximum Gasteiger partial charge on any atom is 0.312 e. The van der Waals surface area contributed by atoms with Gasteiger partial charge in [-0.05, 0) is 41.0 Å². The number of carbonyl (C=O) groups excluding carboxylic acids is 1. The van der Waals surface area contributed by atoms with Crippen LogP contribution in [-0.2, 0) is 14.3 Å². The zero-order valence-corrected chi connectivity index (χ0v) is 11.2. The summed E-state index contributed by atoms with van der Waals surface area (Å²) in [5, 5.41) is 9.03. The van der Waals surface area contributed by atoms with Crippen molar-refractivity contribution < 1.29 is 19.4 Å². The first-order valence-corrected chi connectivity index (χ1v) is 5.49. The molecule has 1 atom stereocenters. The fourth-order valence-corrected chi connectivity index (χ4v) is 1.29. The summed E-state index contributed by atoms with van der Waals surface area (Å²) >= 11 is 0. The summed E-state index contributed by atoms with van der Waals surface area (Å²) < 4.78 is 10.4. The van der Waals surface area contributed by atoms with Crippen LogP contribution in [0.5, 0.6) is 0 Å². The Morgan fingerprint density at radius 1 is 1.25 bits per heavy atom. The molecule has 0 rings (SSSR count). The average molecular weight is 232 g/mol. The smallest absolute Gasteiger partial charge is 0.312 e. The molecule has 4 heteroatoms. The van der Waals surface area contributed by atoms with Gasteiger partial charge in [0, 0.05) is 7.11 Å². The second kappa shape index (κ2) is 5.64. The van der Waals surface area contributed by atoms with Crippen molar-refractivity contribution in [3.8, 4) is 0 Å². The zero-order chi connectivity index (χ0) is 13.0. The van der Waals surface area contributed by atoms with Gasteiger partial charge in [-0.2, -0.15) is 0 Å². The predicted octanol–water partition coefficient (Wildman–Crippen LogP) is 1.75. The van der Waals surface area contributed by atoms with Gasteiger partial charge in [0.15, 0.2) is 0 Å². The fraction of sp³-hybridized carbons (Fsp3) is 0.917. The van der Waals surface area contributed by atoms with E-state index in [0.29, 0.717) is 6.42 Å². The van der Waals surface area contributed by atoms with Gasteiger partial charge in [-0.25, -0.2) is 0 Å². The van der Waals surface area contributed by atoms with E-state index in [1.54, 1.807) is 13.8 Å². The van der Waals surface area contributed by atoms with E-state index >= 15 is 0 Å². The molecule has 0 radical (unpaired) electrons. The maximum absolute atomic E-state index is 11.9. The van der Waals surface area contributed by atoms with Crippen LogP contribution in [0.2, 0.25) is 0 Å². The van der Waals surface area contributed by atoms with E-state index in [0.717, 1.165) is 0 Å². The zero-order valence-electron chi connectivity index (χ0n) is 11.2. The SMILES string of the molecule is COC(CO)CC(C)(C)C(=O)OC(C)(C)C. The minimum atomic E-state index is -0.656. The van der Waals surface area contributed by atoms with Crippen LogP contribution in [0.25, 0.3) is 0 Å². The summed E-state index contributed by atoms with van der Waals surface area (Å²) in [7, 11) is 1.52. The normalized spacial score (nSPS) is 14.7. The molecule has 0 amide bonds. The van der Waals surface area contributed by atoms with Gasteiger partial charge in [0.1, 0.15) is 5.60 Å². The highest BCUT2D eigenvalue weighted by Crippen LogP contribution is 2.27. The standard InChI is InChI=1S/C12H24O4/c1-11(2,3)16-10(14)12(4,5)7-9(8-13)15-6/h9,13H,7-8H2,1-6H3. The Bertz CT molecular complexity index is 224. The van der Waals surface area contributed by atoms with Crippen LogP contribution in [0.1, 0.15) is 41.0 Å². The maximum atomic E-state index is 11.9. The van der Waals surface area contributed by atoms with Gasteiger partial charge >= 0.3 is 5.97 Å². The molecule has 0 aliphatic heterocycles. The highest BCUT2D eigenvalue weighted by molar-refractivity contribution is 5.76. The van der Waals surface area contributed by atoms with E-state index in [2.05, 4.69) is 0 Å². The largest absolute Gasteiger partial charge is 0.460 e. The number of carbonyl (C=O) groups is 1. The van der Waals surface area contributed by atoms with Gasteiger partial charge in [0.05, 0.1) is 18.1 Å². The molecule has 96 valence electrons. The minimum Gasteiger partial charge on any atom is -0.460 e. The van der Waals surface area contributed by atoms with Crippen LogP contribution in [-0.4, -0.2) is 36.5 Å². The Hall–Kier alpha value is -0.610. The summed E-state index contributed by atoms with van der Waals surface area (Å²) in [5.41, 5.74) is -1.15. The fourth-order valence-electron chi connectivity index (χ4n) is 1.29. The van der Waals surface area contributed by atoms with Crippen molar-refractivity contribution in [3.05, 3.63) is 0 Å². The van der Waals surface area contributed by atoms with Gasteiger partial charge in [-0.15, -0.1) is 0 Å². The third kappa shape index (κ3) is 5.47. The molecule has 0 saturated carbocycles. The molecule has 0 heterocycles. The predicted molar refractivity (Wildman–Crippen MR) is 62.1 cm³/mol. The van der Waals surface area contributed by atoms with E-state index in [1.165, 1.54) is 7.11 Å². The van der Waals surface area contributed by atoms with Crippen molar-refractivity contribution in [2.45, 2.75) is 52.7 Å². The Balaban J connectivity index is 4.47. The van der Waals surface area contributed by atoms with Crippen molar-refractivity contribution in [3.63, 3.8) is 0 Å². The molecule has 16 heavy (non-hydrogen) atoms. The number of aliphatic hydroxyl groups is 1. The van der Waals surface area contributed by atoms with Gasteiger partial charge in [-0.3, -0.25) is 4.79 Å². The number of aliphatic hydroxyl groups excluding tert-OH is 1. The number of rotatable bonds is 5. The molecule has 0 aromatic carbocycles. The number of esters is 1. The first-order chi connectivity index (χ1) is 7.12. The van der Waals surface area contributed by atoms with Crippen LogP contribution < -0.4 is 0 Å². The lowest BCUT2D eigenvalue weighted by molar-refractivity contribution is -0.168. The van der Waals surface area contributed by atoms with Crippen molar-refractivity contribution >= 4 is 5.97 Å². The molecular weight excluding hydrogens is 208 g/mol. The molecule has 0 aliphatic carbocycles. The summed E-state index contributed by atoms with van der Waals surface area (Å²) in [5.74, 6) is -0.268. The van der Waals surface area contributed by atoms with Crippen LogP contribution in [0.3, 0.4) is 0 Å². The van der Waals surface area contributed by atoms with E-state index in [1.807, 2.05) is 20.8 Å². The Labute approximate surface area is 97.9 Å². The lowest BCUT2D eigenvalue weighted by Gasteiger charge is -2.30. The first kappa shape index (κ1) is 15.4. The number of methoxy groups -OCH3 is 1. The Morgan fingerprint density at radius 3 is 2.06 bits per heavy atom. The first-order valence-electron chi connectivity index (χ1n) is 5.49. The molecule has 4 nitrogen and oxygen atoms in total. The van der Waals surface area contributed by atoms with Gasteiger partial charge in [0.25, 0.3) is 0 Å². The molecule has 0 bridgehead atoms. The van der Waals surface area contributed by atoms with E-state index in [4.69, 9.17) is 14.6 Å². The van der Waals surface area contributed by atoms with E-state index in [9.17, 15) is 4.79 Å². The monoisotopic (exact) mass is 232 g/mol. The minimum absolute atomic E-state index is 0.0945. The second-order valence-corrected chi connectivity index (χ2v) is 5.63. The topological polar surface area (TPSA) is 55.8 Å². The lowest BCUT2D eigenvalue weighted by Crippen LogP contribution is -2.37. The lowest BCUT2D eigenvalue weighted by atomic mass is 9.86. The van der Waals surface area contributed by atoms with Crippen molar-refractivity contribution in [2.75, 3.05) is 13.7 Å². The van der Waals surface area contributed by atoms with Crippen molar-refractivity contribution in [1.29, 1.82) is 0 Å². The summed E-state index contributed by atoms with van der Waals surface area (Å²) in [6.45, 7) is 9.00. The van der Waals surface area contributed by atoms with E-state index < -0.39 is 11.0 Å². The van der Waals surface area contributed by atoms with E-state index in [-0.39, 0.29) is 18.7 Å². The molecule has 0 fully saturated rings. The Kier molecular flexibility index (Phi) is 5.42. The van der Waals surface area contributed by atoms with Crippen LogP contribution in [0.15, 0.2) is 0 Å². The summed E-state index contributed by atoms with van der Waals surface area (Å²) in [4.78, 5) is 11.9. The third-order valence-electron chi connectivity index (χ3n) is 2.23.